The van der Waals surface area contributed by atoms with Crippen molar-refractivity contribution in [2.24, 2.45) is 33.7 Å². The lowest BCUT2D eigenvalue weighted by molar-refractivity contribution is -0.125. The fourth-order valence-electron chi connectivity index (χ4n) is 7.54. The number of amides is 1. The number of carbonyl (C=O) groups is 1. The van der Waals surface area contributed by atoms with Gasteiger partial charge in [0.05, 0.1) is 11.8 Å². The smallest absolute Gasteiger partial charge is 0.261 e. The van der Waals surface area contributed by atoms with Gasteiger partial charge in [0.2, 0.25) is 0 Å². The molecule has 4 aliphatic carbocycles. The van der Waals surface area contributed by atoms with Crippen molar-refractivity contribution in [3.63, 3.8) is 0 Å². The molecule has 178 valence electrons. The maximum atomic E-state index is 12.1. The second-order valence-corrected chi connectivity index (χ2v) is 11.1. The molecule has 3 fully saturated rings. The van der Waals surface area contributed by atoms with Crippen LogP contribution in [0, 0.1) is 28.6 Å². The first-order valence-electron chi connectivity index (χ1n) is 12.6. The van der Waals surface area contributed by atoms with E-state index in [1.165, 1.54) is 24.8 Å². The van der Waals surface area contributed by atoms with Crippen molar-refractivity contribution in [3.8, 4) is 0 Å². The van der Waals surface area contributed by atoms with E-state index < -0.39 is 0 Å². The summed E-state index contributed by atoms with van der Waals surface area (Å²) in [5.41, 5.74) is 3.85. The molecule has 6 nitrogen and oxygen atoms in total. The minimum atomic E-state index is -0.172. The molecule has 5 rings (SSSR count). The molecule has 1 aromatic rings. The van der Waals surface area contributed by atoms with Crippen molar-refractivity contribution in [1.29, 1.82) is 0 Å². The van der Waals surface area contributed by atoms with Gasteiger partial charge in [-0.15, -0.1) is 0 Å². The van der Waals surface area contributed by atoms with E-state index in [0.29, 0.717) is 18.4 Å². The van der Waals surface area contributed by atoms with Crippen molar-refractivity contribution in [3.05, 3.63) is 41.7 Å². The zero-order chi connectivity index (χ0) is 23.1. The molecule has 0 saturated heterocycles. The highest BCUT2D eigenvalue weighted by Gasteiger charge is 2.58. The normalized spacial score (nSPS) is 38.6. The third-order valence-corrected chi connectivity index (χ3v) is 9.54. The molecule has 0 aliphatic heterocycles. The Bertz CT molecular complexity index is 945. The van der Waals surface area contributed by atoms with Crippen LogP contribution < -0.4 is 5.32 Å². The van der Waals surface area contributed by atoms with E-state index in [2.05, 4.69) is 35.4 Å². The van der Waals surface area contributed by atoms with E-state index in [-0.39, 0.29) is 29.4 Å². The molecule has 2 N–H and O–H groups in total. The Kier molecular flexibility index (Phi) is 6.06. The molecule has 1 heterocycles. The summed E-state index contributed by atoms with van der Waals surface area (Å²) < 4.78 is 0. The summed E-state index contributed by atoms with van der Waals surface area (Å²) in [6.45, 7) is 5.20. The predicted molar refractivity (Wildman–Crippen MR) is 127 cm³/mol. The van der Waals surface area contributed by atoms with Crippen LogP contribution in [0.1, 0.15) is 70.8 Å². The second-order valence-electron chi connectivity index (χ2n) is 11.1. The van der Waals surface area contributed by atoms with Crippen LogP contribution >= 0.6 is 0 Å². The van der Waals surface area contributed by atoms with Gasteiger partial charge in [-0.2, -0.15) is 0 Å². The van der Waals surface area contributed by atoms with Crippen molar-refractivity contribution in [1.82, 2.24) is 10.3 Å². The third kappa shape index (κ3) is 4.11. The molecule has 3 saturated carbocycles. The minimum Gasteiger partial charge on any atom is -0.393 e. The molecule has 6 atom stereocenters. The number of allylic oxidation sites excluding steroid dienone is 2. The summed E-state index contributed by atoms with van der Waals surface area (Å²) in [5.74, 6) is 1.95. The lowest BCUT2D eigenvalue weighted by Crippen LogP contribution is -2.51. The Morgan fingerprint density at radius 2 is 1.97 bits per heavy atom. The van der Waals surface area contributed by atoms with Crippen LogP contribution in [0.3, 0.4) is 0 Å². The van der Waals surface area contributed by atoms with Gasteiger partial charge in [0.15, 0.2) is 6.61 Å². The molecule has 1 amide bonds. The van der Waals surface area contributed by atoms with Crippen LogP contribution in [-0.2, 0) is 16.2 Å². The van der Waals surface area contributed by atoms with Crippen LogP contribution in [0.2, 0.25) is 0 Å². The summed E-state index contributed by atoms with van der Waals surface area (Å²) >= 11 is 0. The number of aliphatic hydroxyl groups excluding tert-OH is 1. The molecule has 0 radical (unpaired) electrons. The Hall–Kier alpha value is -2.21. The van der Waals surface area contributed by atoms with Crippen molar-refractivity contribution >= 4 is 11.6 Å². The molecule has 4 aliphatic rings. The maximum absolute atomic E-state index is 12.1. The predicted octanol–water partition coefficient (Wildman–Crippen LogP) is 4.39. The highest BCUT2D eigenvalue weighted by atomic mass is 16.6. The number of fused-ring (bicyclic) bond motifs is 5. The van der Waals surface area contributed by atoms with E-state index >= 15 is 0 Å². The largest absolute Gasteiger partial charge is 0.393 e. The topological polar surface area (TPSA) is 83.8 Å². The number of aliphatic hydroxyl groups is 1. The lowest BCUT2D eigenvalue weighted by atomic mass is 9.47. The minimum absolute atomic E-state index is 0.0671. The highest BCUT2D eigenvalue weighted by Crippen LogP contribution is 2.65. The summed E-state index contributed by atoms with van der Waals surface area (Å²) in [6.07, 6.45) is 14.5. The SMILES string of the molecule is C[C@]12CC[C@H]3[C@@H](CCC4=C/C(=N/OCC(=O)NCc5ccncc5)CC[C@@]43C)[C@@H]1CC[C@H]2O. The number of nitrogens with one attached hydrogen (secondary N) is 1. The fraction of sp³-hybridized carbons (Fsp3) is 0.667. The monoisotopic (exact) mass is 451 g/mol. The van der Waals surface area contributed by atoms with Gasteiger partial charge in [-0.05, 0) is 104 Å². The summed E-state index contributed by atoms with van der Waals surface area (Å²) in [5, 5.41) is 17.8. The quantitative estimate of drug-likeness (QED) is 0.650. The Morgan fingerprint density at radius 3 is 2.79 bits per heavy atom. The van der Waals surface area contributed by atoms with Gasteiger partial charge in [0.1, 0.15) is 0 Å². The number of rotatable bonds is 5. The molecular formula is C27H37N3O3. The number of pyridine rings is 1. The van der Waals surface area contributed by atoms with Crippen molar-refractivity contribution < 1.29 is 14.7 Å². The van der Waals surface area contributed by atoms with E-state index in [4.69, 9.17) is 4.84 Å². The summed E-state index contributed by atoms with van der Waals surface area (Å²) in [4.78, 5) is 21.5. The molecule has 0 bridgehead atoms. The zero-order valence-corrected chi connectivity index (χ0v) is 19.9. The van der Waals surface area contributed by atoms with Crippen LogP contribution in [0.4, 0.5) is 0 Å². The zero-order valence-electron chi connectivity index (χ0n) is 19.9. The van der Waals surface area contributed by atoms with Crippen LogP contribution in [0.15, 0.2) is 41.3 Å². The van der Waals surface area contributed by atoms with Gasteiger partial charge in [-0.25, -0.2) is 0 Å². The van der Waals surface area contributed by atoms with Gasteiger partial charge < -0.3 is 15.3 Å². The molecule has 0 spiro atoms. The third-order valence-electron chi connectivity index (χ3n) is 9.54. The molecule has 33 heavy (non-hydrogen) atoms. The average molecular weight is 452 g/mol. The maximum Gasteiger partial charge on any atom is 0.261 e. The highest BCUT2D eigenvalue weighted by molar-refractivity contribution is 5.96. The summed E-state index contributed by atoms with van der Waals surface area (Å²) in [6, 6.07) is 3.76. The molecule has 6 heteroatoms. The Balaban J connectivity index is 1.19. The summed E-state index contributed by atoms with van der Waals surface area (Å²) in [7, 11) is 0. The number of aromatic nitrogens is 1. The van der Waals surface area contributed by atoms with Gasteiger partial charge in [0.25, 0.3) is 5.91 Å². The molecule has 0 aromatic carbocycles. The van der Waals surface area contributed by atoms with E-state index in [0.717, 1.165) is 49.3 Å². The van der Waals surface area contributed by atoms with Crippen LogP contribution in [-0.4, -0.2) is 34.4 Å². The number of nitrogens with zero attached hydrogens (tertiary/aromatic N) is 2. The number of hydrogen-bond acceptors (Lipinski definition) is 5. The van der Waals surface area contributed by atoms with E-state index in [9.17, 15) is 9.90 Å². The van der Waals surface area contributed by atoms with Gasteiger partial charge in [-0.3, -0.25) is 9.78 Å². The lowest BCUT2D eigenvalue weighted by Gasteiger charge is -2.57. The number of oxime groups is 1. The van der Waals surface area contributed by atoms with Gasteiger partial charge in [0, 0.05) is 18.9 Å². The molecule has 1 aromatic heterocycles. The number of carbonyl (C=O) groups excluding carboxylic acids is 1. The van der Waals surface area contributed by atoms with Gasteiger partial charge >= 0.3 is 0 Å². The average Bonchev–Trinajstić information content (AvgIpc) is 3.13. The molecular weight excluding hydrogens is 414 g/mol. The fourth-order valence-corrected chi connectivity index (χ4v) is 7.54. The molecule has 0 unspecified atom stereocenters. The van der Waals surface area contributed by atoms with Crippen LogP contribution in [0.5, 0.6) is 0 Å². The standard InChI is InChI=1S/C27H37N3O3/c1-26-11-7-20(30-33-17-25(32)29-16-18-9-13-28-14-10-18)15-19(26)3-4-21-22-5-6-24(31)27(22,2)12-8-23(21)26/h9-10,13-15,21-24,31H,3-8,11-12,16-17H2,1-2H3,(H,29,32)/b30-20+/t21-,22-,23-,24+,26-,27-/m0/s1. The number of hydrogen-bond donors (Lipinski definition) is 2. The van der Waals surface area contributed by atoms with E-state index in [1.54, 1.807) is 12.4 Å². The first kappa shape index (κ1) is 22.6. The van der Waals surface area contributed by atoms with Crippen molar-refractivity contribution in [2.45, 2.75) is 77.9 Å². The Labute approximate surface area is 196 Å². The van der Waals surface area contributed by atoms with Crippen molar-refractivity contribution in [2.75, 3.05) is 6.61 Å². The second kappa shape index (κ2) is 8.86. The van der Waals surface area contributed by atoms with Gasteiger partial charge in [-0.1, -0.05) is 24.6 Å². The first-order valence-corrected chi connectivity index (χ1v) is 12.6. The van der Waals surface area contributed by atoms with E-state index in [1.807, 2.05) is 12.1 Å². The first-order chi connectivity index (χ1) is 15.9. The van der Waals surface area contributed by atoms with Crippen LogP contribution in [0.25, 0.3) is 0 Å². The Morgan fingerprint density at radius 1 is 1.15 bits per heavy atom.